The van der Waals surface area contributed by atoms with Gasteiger partial charge in [-0.15, -0.1) is 0 Å². The Bertz CT molecular complexity index is 1390. The molecule has 4 heterocycles. The Balaban J connectivity index is 1.28. The quantitative estimate of drug-likeness (QED) is 0.488. The molecule has 1 amide bonds. The molecule has 0 atom stereocenters. The molecule has 2 aromatic carbocycles. The van der Waals surface area contributed by atoms with Crippen molar-refractivity contribution in [2.75, 3.05) is 11.9 Å². The molecule has 2 aliphatic heterocycles. The lowest BCUT2D eigenvalue weighted by atomic mass is 10.1. The number of hydrogen-bond donors (Lipinski definition) is 2. The van der Waals surface area contributed by atoms with E-state index in [9.17, 15) is 4.79 Å². The summed E-state index contributed by atoms with van der Waals surface area (Å²) >= 11 is 0. The Hall–Kier alpha value is -4.46. The summed E-state index contributed by atoms with van der Waals surface area (Å²) in [6.45, 7) is 0.386. The highest BCUT2D eigenvalue weighted by Gasteiger charge is 2.21. The van der Waals surface area contributed by atoms with Gasteiger partial charge in [-0.05, 0) is 36.8 Å². The first-order valence-electron chi connectivity index (χ1n) is 10.6. The summed E-state index contributed by atoms with van der Waals surface area (Å²) in [4.78, 5) is 20.5. The molecular formula is C25H19N5O3. The Kier molecular flexibility index (Phi) is 4.61. The van der Waals surface area contributed by atoms with Crippen LogP contribution in [0.25, 0.3) is 23.0 Å². The average Bonchev–Trinajstić information content (AvgIpc) is 3.35. The summed E-state index contributed by atoms with van der Waals surface area (Å²) in [7, 11) is 0. The van der Waals surface area contributed by atoms with E-state index in [0.29, 0.717) is 48.4 Å². The first-order chi connectivity index (χ1) is 16.2. The minimum atomic E-state index is -0.0295. The number of hydrogen-bond acceptors (Lipinski definition) is 6. The highest BCUT2D eigenvalue weighted by atomic mass is 16.5. The molecule has 8 heteroatoms. The van der Waals surface area contributed by atoms with Gasteiger partial charge in [0.2, 0.25) is 5.91 Å². The fourth-order valence-electron chi connectivity index (χ4n) is 3.96. The second-order valence-corrected chi connectivity index (χ2v) is 7.82. The number of anilines is 1. The van der Waals surface area contributed by atoms with E-state index in [0.717, 1.165) is 28.0 Å². The molecule has 4 aromatic rings. The zero-order valence-corrected chi connectivity index (χ0v) is 17.5. The van der Waals surface area contributed by atoms with Gasteiger partial charge >= 0.3 is 0 Å². The van der Waals surface area contributed by atoms with E-state index in [2.05, 4.69) is 25.5 Å². The van der Waals surface area contributed by atoms with Crippen LogP contribution in [0, 0.1) is 0 Å². The minimum Gasteiger partial charge on any atom is -0.488 e. The van der Waals surface area contributed by atoms with E-state index in [-0.39, 0.29) is 5.91 Å². The first kappa shape index (κ1) is 19.2. The molecule has 162 valence electrons. The maximum atomic E-state index is 11.7. The van der Waals surface area contributed by atoms with Gasteiger partial charge in [-0.25, -0.2) is 9.97 Å². The highest BCUT2D eigenvalue weighted by Crippen LogP contribution is 2.36. The third kappa shape index (κ3) is 3.71. The summed E-state index contributed by atoms with van der Waals surface area (Å²) in [5.41, 5.74) is 3.64. The van der Waals surface area contributed by atoms with Crippen molar-refractivity contribution in [1.82, 2.24) is 20.2 Å². The minimum absolute atomic E-state index is 0.0295. The molecule has 0 spiro atoms. The molecular weight excluding hydrogens is 418 g/mol. The van der Waals surface area contributed by atoms with Gasteiger partial charge in [-0.2, -0.15) is 5.10 Å². The summed E-state index contributed by atoms with van der Waals surface area (Å²) in [5, 5.41) is 10.2. The van der Waals surface area contributed by atoms with E-state index >= 15 is 0 Å². The van der Waals surface area contributed by atoms with Gasteiger partial charge in [-0.3, -0.25) is 9.89 Å². The molecule has 6 rings (SSSR count). The predicted molar refractivity (Wildman–Crippen MR) is 123 cm³/mol. The average molecular weight is 437 g/mol. The van der Waals surface area contributed by atoms with Crippen LogP contribution in [-0.2, 0) is 11.2 Å². The molecule has 0 aliphatic carbocycles. The molecule has 0 saturated carbocycles. The molecule has 0 radical (unpaired) electrons. The molecule has 0 unspecified atom stereocenters. The van der Waals surface area contributed by atoms with Crippen molar-refractivity contribution >= 4 is 23.4 Å². The van der Waals surface area contributed by atoms with Gasteiger partial charge in [0.15, 0.2) is 11.6 Å². The van der Waals surface area contributed by atoms with E-state index in [1.807, 2.05) is 60.7 Å². The summed E-state index contributed by atoms with van der Waals surface area (Å²) in [5.74, 6) is 3.97. The van der Waals surface area contributed by atoms with Crippen molar-refractivity contribution in [3.05, 3.63) is 77.7 Å². The summed E-state index contributed by atoms with van der Waals surface area (Å²) in [6.07, 6.45) is 4.66. The van der Waals surface area contributed by atoms with Crippen molar-refractivity contribution < 1.29 is 14.3 Å². The maximum absolute atomic E-state index is 11.7. The van der Waals surface area contributed by atoms with Gasteiger partial charge in [0, 0.05) is 34.9 Å². The lowest BCUT2D eigenvalue weighted by Gasteiger charge is -2.20. The van der Waals surface area contributed by atoms with Crippen LogP contribution in [-0.4, -0.2) is 32.7 Å². The van der Waals surface area contributed by atoms with Crippen molar-refractivity contribution in [3.8, 4) is 28.6 Å². The van der Waals surface area contributed by atoms with Crippen molar-refractivity contribution in [3.63, 3.8) is 0 Å². The molecule has 2 aromatic heterocycles. The number of pyridine rings is 1. The standard InChI is InChI=1S/C25H19N5O3/c31-22-9-7-19-21(10-11-26-25(19)27-22)33-18-6-8-20-16(13-18)12-17(14-32-20)24-28-23(29-30-24)15-4-2-1-3-5-15/h1-6,8,10-13H,7,9,14H2,(H,26,27,31)(H,28,29,30). The predicted octanol–water partition coefficient (Wildman–Crippen LogP) is 4.48. The topological polar surface area (TPSA) is 102 Å². The SMILES string of the molecule is O=C1CCc2c(Oc3ccc4c(c3)C=C(c3n[nH]c(-c5ccccc5)n3)CO4)ccnc2N1. The Morgan fingerprint density at radius 3 is 2.85 bits per heavy atom. The van der Waals surface area contributed by atoms with Gasteiger partial charge < -0.3 is 14.8 Å². The molecule has 0 bridgehead atoms. The number of aromatic amines is 1. The number of aromatic nitrogens is 4. The van der Waals surface area contributed by atoms with Crippen LogP contribution >= 0.6 is 0 Å². The van der Waals surface area contributed by atoms with Crippen LogP contribution in [0.5, 0.6) is 17.2 Å². The zero-order valence-electron chi connectivity index (χ0n) is 17.5. The largest absolute Gasteiger partial charge is 0.488 e. The summed E-state index contributed by atoms with van der Waals surface area (Å²) in [6, 6.07) is 17.4. The van der Waals surface area contributed by atoms with Gasteiger partial charge in [0.25, 0.3) is 0 Å². The highest BCUT2D eigenvalue weighted by molar-refractivity contribution is 5.93. The third-order valence-electron chi connectivity index (χ3n) is 5.61. The number of carbonyl (C=O) groups is 1. The fraction of sp³-hybridized carbons (Fsp3) is 0.120. The van der Waals surface area contributed by atoms with Gasteiger partial charge in [-0.1, -0.05) is 30.3 Å². The van der Waals surface area contributed by atoms with Gasteiger partial charge in [0.1, 0.15) is 29.7 Å². The van der Waals surface area contributed by atoms with Gasteiger partial charge in [0.05, 0.1) is 0 Å². The number of nitrogens with zero attached hydrogens (tertiary/aromatic N) is 3. The van der Waals surface area contributed by atoms with E-state index < -0.39 is 0 Å². The fourth-order valence-corrected chi connectivity index (χ4v) is 3.96. The number of carbonyl (C=O) groups excluding carboxylic acids is 1. The first-order valence-corrected chi connectivity index (χ1v) is 10.6. The maximum Gasteiger partial charge on any atom is 0.225 e. The number of amides is 1. The molecule has 2 N–H and O–H groups in total. The monoisotopic (exact) mass is 437 g/mol. The van der Waals surface area contributed by atoms with Crippen molar-refractivity contribution in [2.45, 2.75) is 12.8 Å². The Morgan fingerprint density at radius 2 is 1.94 bits per heavy atom. The second kappa shape index (κ2) is 7.90. The second-order valence-electron chi connectivity index (χ2n) is 7.82. The summed E-state index contributed by atoms with van der Waals surface area (Å²) < 4.78 is 12.1. The smallest absolute Gasteiger partial charge is 0.225 e. The molecule has 0 fully saturated rings. The molecule has 33 heavy (non-hydrogen) atoms. The number of ether oxygens (including phenoxy) is 2. The number of fused-ring (bicyclic) bond motifs is 2. The van der Waals surface area contributed by atoms with Crippen LogP contribution < -0.4 is 14.8 Å². The lowest BCUT2D eigenvalue weighted by molar-refractivity contribution is -0.116. The van der Waals surface area contributed by atoms with Crippen LogP contribution in [0.3, 0.4) is 0 Å². The van der Waals surface area contributed by atoms with Crippen molar-refractivity contribution in [2.24, 2.45) is 0 Å². The molecule has 8 nitrogen and oxygen atoms in total. The van der Waals surface area contributed by atoms with Crippen LogP contribution in [0.15, 0.2) is 60.8 Å². The van der Waals surface area contributed by atoms with Crippen molar-refractivity contribution in [1.29, 1.82) is 0 Å². The van der Waals surface area contributed by atoms with Crippen LogP contribution in [0.1, 0.15) is 23.4 Å². The lowest BCUT2D eigenvalue weighted by Crippen LogP contribution is -2.20. The number of benzene rings is 2. The molecule has 0 saturated heterocycles. The normalized spacial score (nSPS) is 14.4. The van der Waals surface area contributed by atoms with Crippen LogP contribution in [0.2, 0.25) is 0 Å². The Morgan fingerprint density at radius 1 is 1.03 bits per heavy atom. The Labute approximate surface area is 189 Å². The number of rotatable bonds is 4. The van der Waals surface area contributed by atoms with Crippen LogP contribution in [0.4, 0.5) is 5.82 Å². The zero-order chi connectivity index (χ0) is 22.2. The van der Waals surface area contributed by atoms with E-state index in [1.54, 1.807) is 6.20 Å². The number of nitrogens with one attached hydrogen (secondary N) is 2. The van der Waals surface area contributed by atoms with E-state index in [1.165, 1.54) is 0 Å². The molecule has 2 aliphatic rings. The number of H-pyrrole nitrogens is 1. The van der Waals surface area contributed by atoms with E-state index in [4.69, 9.17) is 9.47 Å². The third-order valence-corrected chi connectivity index (χ3v) is 5.61.